The average molecular weight is 223 g/mol. The number of rotatable bonds is 0. The van der Waals surface area contributed by atoms with Gasteiger partial charge in [0.15, 0.2) is 0 Å². The van der Waals surface area contributed by atoms with Crippen LogP contribution in [0.4, 0.5) is 0 Å². The zero-order valence-electron chi connectivity index (χ0n) is 8.53. The molecule has 0 atom stereocenters. The lowest BCUT2D eigenvalue weighted by Gasteiger charge is -2.18. The van der Waals surface area contributed by atoms with Crippen molar-refractivity contribution in [3.63, 3.8) is 0 Å². The lowest BCUT2D eigenvalue weighted by molar-refractivity contribution is 0.591. The number of hydrogen-bond acceptors (Lipinski definition) is 3. The van der Waals surface area contributed by atoms with E-state index >= 15 is 0 Å². The van der Waals surface area contributed by atoms with Crippen LogP contribution in [0.1, 0.15) is 26.3 Å². The van der Waals surface area contributed by atoms with E-state index in [0.717, 1.165) is 9.86 Å². The molecule has 3 heteroatoms. The molecule has 0 unspecified atom stereocenters. The fourth-order valence-corrected chi connectivity index (χ4v) is 2.53. The van der Waals surface area contributed by atoms with Gasteiger partial charge in [-0.25, -0.2) is 4.98 Å². The van der Waals surface area contributed by atoms with E-state index in [9.17, 15) is 0 Å². The summed E-state index contributed by atoms with van der Waals surface area (Å²) in [5.74, 6) is 0. The average Bonchev–Trinajstić information content (AvgIpc) is 2.41. The lowest BCUT2D eigenvalue weighted by atomic mass is 9.87. The molecular formula is C11H13NS2. The van der Waals surface area contributed by atoms with E-state index in [2.05, 4.69) is 56.6 Å². The first-order chi connectivity index (χ1) is 6.47. The van der Waals surface area contributed by atoms with E-state index in [1.54, 1.807) is 11.3 Å². The van der Waals surface area contributed by atoms with Crippen LogP contribution < -0.4 is 0 Å². The summed E-state index contributed by atoms with van der Waals surface area (Å²) >= 11 is 5.89. The Bertz CT molecular complexity index is 466. The van der Waals surface area contributed by atoms with E-state index in [0.29, 0.717) is 0 Å². The van der Waals surface area contributed by atoms with Crippen molar-refractivity contribution in [2.75, 3.05) is 0 Å². The molecule has 0 fully saturated rings. The maximum absolute atomic E-state index is 4.32. The molecule has 2 rings (SSSR count). The second-order valence-electron chi connectivity index (χ2n) is 4.43. The van der Waals surface area contributed by atoms with Gasteiger partial charge in [-0.05, 0) is 23.1 Å². The monoisotopic (exact) mass is 223 g/mol. The Morgan fingerprint density at radius 1 is 1.29 bits per heavy atom. The van der Waals surface area contributed by atoms with Gasteiger partial charge in [-0.2, -0.15) is 0 Å². The molecule has 1 nitrogen and oxygen atoms in total. The minimum Gasteiger partial charge on any atom is -0.230 e. The number of nitrogens with zero attached hydrogens (tertiary/aromatic N) is 1. The lowest BCUT2D eigenvalue weighted by Crippen LogP contribution is -2.10. The minimum absolute atomic E-state index is 0.203. The molecule has 0 aliphatic carbocycles. The Morgan fingerprint density at radius 3 is 2.64 bits per heavy atom. The van der Waals surface area contributed by atoms with Crippen molar-refractivity contribution < 1.29 is 0 Å². The molecular weight excluding hydrogens is 210 g/mol. The van der Waals surface area contributed by atoms with Crippen molar-refractivity contribution in [3.05, 3.63) is 23.8 Å². The number of hydrogen-bond donors (Lipinski definition) is 1. The first-order valence-electron chi connectivity index (χ1n) is 4.57. The summed E-state index contributed by atoms with van der Waals surface area (Å²) in [6.45, 7) is 6.66. The molecule has 14 heavy (non-hydrogen) atoms. The Balaban J connectivity index is 2.62. The Kier molecular flexibility index (Phi) is 2.32. The SMILES string of the molecule is CC(C)(C)c1ccc2nc(S)sc2c1. The standard InChI is InChI=1S/C11H13NS2/c1-11(2,3)7-4-5-8-9(6-7)14-10(13)12-8/h4-6H,1-3H3,(H,12,13). The maximum atomic E-state index is 4.32. The van der Waals surface area contributed by atoms with Crippen molar-refractivity contribution in [2.45, 2.75) is 30.5 Å². The highest BCUT2D eigenvalue weighted by atomic mass is 32.2. The van der Waals surface area contributed by atoms with Crippen molar-refractivity contribution >= 4 is 34.2 Å². The van der Waals surface area contributed by atoms with Gasteiger partial charge in [-0.3, -0.25) is 0 Å². The predicted molar refractivity (Wildman–Crippen MR) is 65.6 cm³/mol. The van der Waals surface area contributed by atoms with E-state index in [1.807, 2.05) is 0 Å². The zero-order chi connectivity index (χ0) is 10.3. The second-order valence-corrected chi connectivity index (χ2v) is 6.19. The minimum atomic E-state index is 0.203. The molecule has 1 aromatic heterocycles. The first kappa shape index (κ1) is 9.99. The molecule has 1 heterocycles. The van der Waals surface area contributed by atoms with Crippen LogP contribution in [-0.2, 0) is 5.41 Å². The van der Waals surface area contributed by atoms with Gasteiger partial charge in [0.25, 0.3) is 0 Å². The zero-order valence-corrected chi connectivity index (χ0v) is 10.2. The van der Waals surface area contributed by atoms with Gasteiger partial charge in [-0.15, -0.1) is 24.0 Å². The molecule has 2 aromatic rings. The van der Waals surface area contributed by atoms with Crippen molar-refractivity contribution in [1.82, 2.24) is 4.98 Å². The summed E-state index contributed by atoms with van der Waals surface area (Å²) in [7, 11) is 0. The normalized spacial score (nSPS) is 12.3. The third-order valence-electron chi connectivity index (χ3n) is 2.24. The van der Waals surface area contributed by atoms with Crippen molar-refractivity contribution in [1.29, 1.82) is 0 Å². The van der Waals surface area contributed by atoms with Crippen LogP contribution in [0.3, 0.4) is 0 Å². The molecule has 0 aliphatic heterocycles. The van der Waals surface area contributed by atoms with E-state index in [4.69, 9.17) is 0 Å². The second kappa shape index (κ2) is 3.24. The van der Waals surface area contributed by atoms with Crippen LogP contribution in [0, 0.1) is 0 Å². The fourth-order valence-electron chi connectivity index (χ4n) is 1.38. The summed E-state index contributed by atoms with van der Waals surface area (Å²) < 4.78 is 2.06. The van der Waals surface area contributed by atoms with Crippen LogP contribution in [0.25, 0.3) is 10.2 Å². The molecule has 0 aliphatic rings. The number of thiazole rings is 1. The van der Waals surface area contributed by atoms with Crippen LogP contribution >= 0.6 is 24.0 Å². The molecule has 0 saturated carbocycles. The van der Waals surface area contributed by atoms with Gasteiger partial charge in [-0.1, -0.05) is 26.8 Å². The topological polar surface area (TPSA) is 12.9 Å². The van der Waals surface area contributed by atoms with Crippen molar-refractivity contribution in [3.8, 4) is 0 Å². The summed E-state index contributed by atoms with van der Waals surface area (Å²) in [5, 5.41) is 0. The number of fused-ring (bicyclic) bond motifs is 1. The summed E-state index contributed by atoms with van der Waals surface area (Å²) in [6, 6.07) is 6.44. The van der Waals surface area contributed by atoms with Gasteiger partial charge in [0, 0.05) is 0 Å². The third kappa shape index (κ3) is 1.79. The molecule has 0 saturated heterocycles. The third-order valence-corrected chi connectivity index (χ3v) is 3.44. The Hall–Kier alpha value is -0.540. The van der Waals surface area contributed by atoms with Crippen LogP contribution in [0.15, 0.2) is 22.5 Å². The molecule has 0 amide bonds. The molecule has 0 radical (unpaired) electrons. The highest BCUT2D eigenvalue weighted by molar-refractivity contribution is 7.82. The fraction of sp³-hybridized carbons (Fsp3) is 0.364. The summed E-state index contributed by atoms with van der Waals surface area (Å²) in [5.41, 5.74) is 2.60. The van der Waals surface area contributed by atoms with Gasteiger partial charge in [0.1, 0.15) is 4.34 Å². The quantitative estimate of drug-likeness (QED) is 0.669. The maximum Gasteiger partial charge on any atom is 0.148 e. The van der Waals surface area contributed by atoms with Gasteiger partial charge < -0.3 is 0 Å². The van der Waals surface area contributed by atoms with Crippen LogP contribution in [0.5, 0.6) is 0 Å². The molecule has 0 N–H and O–H groups in total. The van der Waals surface area contributed by atoms with E-state index < -0.39 is 0 Å². The Morgan fingerprint density at radius 2 is 2.00 bits per heavy atom. The summed E-state index contributed by atoms with van der Waals surface area (Å²) in [6.07, 6.45) is 0. The number of aromatic nitrogens is 1. The highest BCUT2D eigenvalue weighted by Crippen LogP contribution is 2.30. The first-order valence-corrected chi connectivity index (χ1v) is 5.83. The highest BCUT2D eigenvalue weighted by Gasteiger charge is 2.14. The van der Waals surface area contributed by atoms with Gasteiger partial charge in [0.05, 0.1) is 10.2 Å². The molecule has 1 aromatic carbocycles. The van der Waals surface area contributed by atoms with Gasteiger partial charge >= 0.3 is 0 Å². The molecule has 0 bridgehead atoms. The van der Waals surface area contributed by atoms with E-state index in [-0.39, 0.29) is 5.41 Å². The molecule has 74 valence electrons. The summed E-state index contributed by atoms with van der Waals surface area (Å²) in [4.78, 5) is 4.32. The van der Waals surface area contributed by atoms with Crippen LogP contribution in [0.2, 0.25) is 0 Å². The number of thiol groups is 1. The van der Waals surface area contributed by atoms with Crippen LogP contribution in [-0.4, -0.2) is 4.98 Å². The van der Waals surface area contributed by atoms with Gasteiger partial charge in [0.2, 0.25) is 0 Å². The largest absolute Gasteiger partial charge is 0.230 e. The predicted octanol–water partition coefficient (Wildman–Crippen LogP) is 3.88. The smallest absolute Gasteiger partial charge is 0.148 e. The number of benzene rings is 1. The van der Waals surface area contributed by atoms with E-state index in [1.165, 1.54) is 10.3 Å². The Labute approximate surface area is 93.6 Å². The van der Waals surface area contributed by atoms with Crippen molar-refractivity contribution in [2.24, 2.45) is 0 Å². The molecule has 0 spiro atoms.